The van der Waals surface area contributed by atoms with Crippen molar-refractivity contribution in [1.29, 1.82) is 0 Å². The van der Waals surface area contributed by atoms with Crippen LogP contribution in [0.25, 0.3) is 10.8 Å². The van der Waals surface area contributed by atoms with Crippen LogP contribution >= 0.6 is 0 Å². The van der Waals surface area contributed by atoms with Gasteiger partial charge in [-0.1, -0.05) is 12.1 Å². The topological polar surface area (TPSA) is 60.4 Å². The fraction of sp³-hybridized carbons (Fsp3) is 0.0833. The van der Waals surface area contributed by atoms with E-state index in [9.17, 15) is 30.8 Å². The molecule has 0 unspecified atom stereocenters. The Bertz CT molecular complexity index is 812. The molecule has 0 saturated carbocycles. The molecule has 112 valence electrons. The number of benzene rings is 2. The first-order chi connectivity index (χ1) is 9.67. The van der Waals surface area contributed by atoms with Gasteiger partial charge in [0.05, 0.1) is 0 Å². The SMILES string of the molecule is O=Cc1ccc(F)c2cccc(OS(=O)(=O)C(F)(F)F)c12. The Kier molecular flexibility index (Phi) is 3.62. The summed E-state index contributed by atoms with van der Waals surface area (Å²) in [7, 11) is -5.92. The van der Waals surface area contributed by atoms with Crippen molar-refractivity contribution in [3.8, 4) is 5.75 Å². The van der Waals surface area contributed by atoms with Crippen LogP contribution in [0.5, 0.6) is 5.75 Å². The smallest absolute Gasteiger partial charge is 0.375 e. The van der Waals surface area contributed by atoms with Crippen LogP contribution in [0.2, 0.25) is 0 Å². The molecular formula is C12H6F4O4S. The van der Waals surface area contributed by atoms with Crippen LogP contribution in [0, 0.1) is 5.82 Å². The van der Waals surface area contributed by atoms with Gasteiger partial charge in [0.2, 0.25) is 0 Å². The number of alkyl halides is 3. The second-order valence-electron chi connectivity index (χ2n) is 3.92. The van der Waals surface area contributed by atoms with E-state index >= 15 is 0 Å². The highest BCUT2D eigenvalue weighted by Gasteiger charge is 2.48. The van der Waals surface area contributed by atoms with Crippen molar-refractivity contribution in [2.45, 2.75) is 5.51 Å². The zero-order valence-corrected chi connectivity index (χ0v) is 10.8. The number of halogens is 4. The molecule has 0 atom stereocenters. The summed E-state index contributed by atoms with van der Waals surface area (Å²) in [5.74, 6) is -1.60. The summed E-state index contributed by atoms with van der Waals surface area (Å²) < 4.78 is 76.6. The minimum atomic E-state index is -5.92. The van der Waals surface area contributed by atoms with Gasteiger partial charge in [-0.15, -0.1) is 0 Å². The van der Waals surface area contributed by atoms with E-state index in [1.165, 1.54) is 6.07 Å². The first kappa shape index (κ1) is 15.2. The lowest BCUT2D eigenvalue weighted by molar-refractivity contribution is -0.0499. The predicted molar refractivity (Wildman–Crippen MR) is 64.9 cm³/mol. The van der Waals surface area contributed by atoms with E-state index in [0.717, 1.165) is 24.3 Å². The van der Waals surface area contributed by atoms with Crippen molar-refractivity contribution in [2.24, 2.45) is 0 Å². The van der Waals surface area contributed by atoms with Gasteiger partial charge in [0.15, 0.2) is 12.0 Å². The van der Waals surface area contributed by atoms with Crippen LogP contribution in [0.15, 0.2) is 30.3 Å². The lowest BCUT2D eigenvalue weighted by Gasteiger charge is -2.12. The van der Waals surface area contributed by atoms with E-state index in [-0.39, 0.29) is 22.6 Å². The molecule has 21 heavy (non-hydrogen) atoms. The molecule has 2 aromatic carbocycles. The first-order valence-corrected chi connectivity index (χ1v) is 6.75. The molecule has 0 aliphatic carbocycles. The van der Waals surface area contributed by atoms with Crippen LogP contribution in [0.3, 0.4) is 0 Å². The Morgan fingerprint density at radius 1 is 1.10 bits per heavy atom. The fourth-order valence-corrected chi connectivity index (χ4v) is 2.17. The Morgan fingerprint density at radius 3 is 2.33 bits per heavy atom. The molecule has 0 saturated heterocycles. The van der Waals surface area contributed by atoms with Crippen LogP contribution < -0.4 is 4.18 Å². The molecule has 2 aromatic rings. The van der Waals surface area contributed by atoms with E-state index in [4.69, 9.17) is 0 Å². The van der Waals surface area contributed by atoms with Crippen molar-refractivity contribution >= 4 is 27.2 Å². The van der Waals surface area contributed by atoms with Gasteiger partial charge in [0.1, 0.15) is 5.82 Å². The van der Waals surface area contributed by atoms with Gasteiger partial charge in [-0.2, -0.15) is 21.6 Å². The Balaban J connectivity index is 2.72. The van der Waals surface area contributed by atoms with Gasteiger partial charge in [-0.25, -0.2) is 4.39 Å². The van der Waals surface area contributed by atoms with Gasteiger partial charge in [0.25, 0.3) is 0 Å². The third-order valence-corrected chi connectivity index (χ3v) is 3.56. The maximum absolute atomic E-state index is 13.6. The predicted octanol–water partition coefficient (Wildman–Crippen LogP) is 3.02. The standard InChI is InChI=1S/C12H6F4O4S/c13-9-5-4-7(6-17)11-8(9)2-1-3-10(11)20-21(18,19)12(14,15)16/h1-6H. The van der Waals surface area contributed by atoms with Crippen LogP contribution in [-0.2, 0) is 10.1 Å². The lowest BCUT2D eigenvalue weighted by atomic mass is 10.0. The van der Waals surface area contributed by atoms with Gasteiger partial charge in [-0.3, -0.25) is 4.79 Å². The van der Waals surface area contributed by atoms with Crippen LogP contribution in [-0.4, -0.2) is 20.2 Å². The van der Waals surface area contributed by atoms with Gasteiger partial charge in [-0.05, 0) is 18.2 Å². The van der Waals surface area contributed by atoms with E-state index in [1.54, 1.807) is 0 Å². The highest BCUT2D eigenvalue weighted by Crippen LogP contribution is 2.34. The lowest BCUT2D eigenvalue weighted by Crippen LogP contribution is -2.28. The number of rotatable bonds is 3. The highest BCUT2D eigenvalue weighted by molar-refractivity contribution is 7.88. The number of hydrogen-bond donors (Lipinski definition) is 0. The van der Waals surface area contributed by atoms with Crippen molar-refractivity contribution < 1.29 is 35.0 Å². The average molecular weight is 322 g/mol. The molecule has 0 aromatic heterocycles. The molecule has 0 aliphatic heterocycles. The monoisotopic (exact) mass is 322 g/mol. The maximum Gasteiger partial charge on any atom is 0.534 e. The maximum atomic E-state index is 13.6. The van der Waals surface area contributed by atoms with Crippen molar-refractivity contribution in [2.75, 3.05) is 0 Å². The average Bonchev–Trinajstić information content (AvgIpc) is 2.38. The van der Waals surface area contributed by atoms with Crippen molar-refractivity contribution in [3.05, 3.63) is 41.7 Å². The molecule has 0 spiro atoms. The Morgan fingerprint density at radius 2 is 1.76 bits per heavy atom. The number of hydrogen-bond acceptors (Lipinski definition) is 4. The molecule has 0 amide bonds. The first-order valence-electron chi connectivity index (χ1n) is 5.34. The largest absolute Gasteiger partial charge is 0.534 e. The van der Waals surface area contributed by atoms with Crippen molar-refractivity contribution in [3.63, 3.8) is 0 Å². The van der Waals surface area contributed by atoms with Gasteiger partial charge in [0, 0.05) is 16.3 Å². The minimum absolute atomic E-state index is 0.195. The molecular weight excluding hydrogens is 316 g/mol. The molecule has 0 radical (unpaired) electrons. The second-order valence-corrected chi connectivity index (χ2v) is 5.45. The van der Waals surface area contributed by atoms with Gasteiger partial charge < -0.3 is 4.18 Å². The molecule has 2 rings (SSSR count). The number of fused-ring (bicyclic) bond motifs is 1. The van der Waals surface area contributed by atoms with E-state index in [0.29, 0.717) is 0 Å². The summed E-state index contributed by atoms with van der Waals surface area (Å²) in [6.45, 7) is 0. The Labute approximate surface area is 116 Å². The van der Waals surface area contributed by atoms with E-state index < -0.39 is 27.2 Å². The molecule has 0 heterocycles. The summed E-state index contributed by atoms with van der Waals surface area (Å²) in [4.78, 5) is 10.9. The normalized spacial score (nSPS) is 12.4. The second kappa shape index (κ2) is 4.99. The zero-order chi connectivity index (χ0) is 15.8. The van der Waals surface area contributed by atoms with Crippen molar-refractivity contribution in [1.82, 2.24) is 0 Å². The summed E-state index contributed by atoms with van der Waals surface area (Å²) in [5, 5.41) is -0.574. The highest BCUT2D eigenvalue weighted by atomic mass is 32.2. The summed E-state index contributed by atoms with van der Waals surface area (Å²) >= 11 is 0. The van der Waals surface area contributed by atoms with Gasteiger partial charge >= 0.3 is 15.6 Å². The minimum Gasteiger partial charge on any atom is -0.375 e. The molecule has 0 fully saturated rings. The molecule has 0 aliphatic rings. The molecule has 0 N–H and O–H groups in total. The summed E-state index contributed by atoms with van der Waals surface area (Å²) in [6, 6.07) is 5.15. The summed E-state index contributed by atoms with van der Waals surface area (Å²) in [6.07, 6.45) is 0.259. The molecule has 0 bridgehead atoms. The third kappa shape index (κ3) is 2.68. The molecule has 4 nitrogen and oxygen atoms in total. The van der Waals surface area contributed by atoms with Crippen LogP contribution in [0.1, 0.15) is 10.4 Å². The van der Waals surface area contributed by atoms with E-state index in [2.05, 4.69) is 4.18 Å². The number of carbonyl (C=O) groups excluding carboxylic acids is 1. The molecule has 9 heteroatoms. The summed E-state index contributed by atoms with van der Waals surface area (Å²) in [5.41, 5.74) is -5.83. The van der Waals surface area contributed by atoms with E-state index in [1.807, 2.05) is 0 Å². The number of aldehydes is 1. The number of carbonyl (C=O) groups is 1. The third-order valence-electron chi connectivity index (χ3n) is 2.59. The fourth-order valence-electron chi connectivity index (χ4n) is 1.70. The van der Waals surface area contributed by atoms with Crippen LogP contribution in [0.4, 0.5) is 17.6 Å². The zero-order valence-electron chi connectivity index (χ0n) is 10.0. The quantitative estimate of drug-likeness (QED) is 0.377. The Hall–Kier alpha value is -2.16.